The predicted octanol–water partition coefficient (Wildman–Crippen LogP) is 3.84. The molecule has 0 aliphatic carbocycles. The molecule has 1 N–H and O–H groups in total. The first kappa shape index (κ1) is 24.7. The number of nitrogens with zero attached hydrogens (tertiary/aromatic N) is 4. The van der Waals surface area contributed by atoms with Crippen molar-refractivity contribution < 1.29 is 18.3 Å². The number of halogens is 2. The molecule has 1 saturated heterocycles. The molecule has 1 unspecified atom stereocenters. The average Bonchev–Trinajstić information content (AvgIpc) is 3.27. The zero-order chi connectivity index (χ0) is 25.5. The van der Waals surface area contributed by atoms with Gasteiger partial charge in [-0.2, -0.15) is 0 Å². The quantitative estimate of drug-likeness (QED) is 0.571. The SMILES string of the molecule is COC1(c2cc3c(N[C@H](C)c4cccc(C(F)F)c4C)ncnc3n(C)c2=O)CCN(C(C)=O)C1. The smallest absolute Gasteiger partial charge is 0.264 e. The second-order valence-corrected chi connectivity index (χ2v) is 9.00. The topological polar surface area (TPSA) is 89.3 Å². The Morgan fingerprint density at radius 1 is 1.26 bits per heavy atom. The van der Waals surface area contributed by atoms with Crippen LogP contribution in [0.3, 0.4) is 0 Å². The van der Waals surface area contributed by atoms with Crippen molar-refractivity contribution in [1.29, 1.82) is 0 Å². The van der Waals surface area contributed by atoms with E-state index < -0.39 is 12.0 Å². The normalized spacial score (nSPS) is 18.9. The molecular weight excluding hydrogens is 456 g/mol. The third-order valence-electron chi connectivity index (χ3n) is 7.04. The fourth-order valence-corrected chi connectivity index (χ4v) is 4.92. The summed E-state index contributed by atoms with van der Waals surface area (Å²) in [7, 11) is 3.17. The first-order valence-electron chi connectivity index (χ1n) is 11.4. The fourth-order valence-electron chi connectivity index (χ4n) is 4.92. The molecule has 8 nitrogen and oxygen atoms in total. The Labute approximate surface area is 201 Å². The highest BCUT2D eigenvalue weighted by Gasteiger charge is 2.43. The van der Waals surface area contributed by atoms with E-state index >= 15 is 0 Å². The number of benzene rings is 1. The summed E-state index contributed by atoms with van der Waals surface area (Å²) >= 11 is 0. The average molecular weight is 486 g/mol. The van der Waals surface area contributed by atoms with Crippen LogP contribution in [0.15, 0.2) is 35.4 Å². The number of amides is 1. The maximum Gasteiger partial charge on any atom is 0.264 e. The number of fused-ring (bicyclic) bond motifs is 1. The van der Waals surface area contributed by atoms with Gasteiger partial charge in [-0.25, -0.2) is 18.7 Å². The van der Waals surface area contributed by atoms with Gasteiger partial charge in [0.15, 0.2) is 0 Å². The molecule has 1 aliphatic heterocycles. The molecule has 0 saturated carbocycles. The van der Waals surface area contributed by atoms with Crippen LogP contribution in [-0.2, 0) is 22.2 Å². The van der Waals surface area contributed by atoms with Crippen LogP contribution >= 0.6 is 0 Å². The minimum atomic E-state index is -2.56. The Morgan fingerprint density at radius 2 is 1.97 bits per heavy atom. The van der Waals surface area contributed by atoms with Crippen LogP contribution in [0.2, 0.25) is 0 Å². The molecule has 1 aliphatic rings. The summed E-state index contributed by atoms with van der Waals surface area (Å²) in [5, 5.41) is 3.91. The van der Waals surface area contributed by atoms with Crippen molar-refractivity contribution in [3.8, 4) is 0 Å². The van der Waals surface area contributed by atoms with Crippen molar-refractivity contribution in [2.45, 2.75) is 45.3 Å². The molecule has 0 bridgehead atoms. The van der Waals surface area contributed by atoms with Crippen molar-refractivity contribution in [3.05, 3.63) is 63.2 Å². The van der Waals surface area contributed by atoms with Crippen LogP contribution in [0.1, 0.15) is 55.0 Å². The lowest BCUT2D eigenvalue weighted by Gasteiger charge is -2.28. The zero-order valence-corrected chi connectivity index (χ0v) is 20.4. The molecule has 1 aromatic carbocycles. The predicted molar refractivity (Wildman–Crippen MR) is 129 cm³/mol. The Morgan fingerprint density at radius 3 is 2.60 bits per heavy atom. The molecular formula is C25H29F2N5O3. The standard InChI is InChI=1S/C25H29F2N5O3/c1-14-17(7-6-8-18(14)21(26)27)15(2)30-22-19-11-20(24(34)31(4)23(19)29-13-28-22)25(35-5)9-10-32(12-25)16(3)33/h6-8,11,13,15,21H,9-10,12H2,1-5H3,(H,28,29,30)/t15-,25?/m1/s1. The number of rotatable bonds is 6. The molecule has 1 amide bonds. The van der Waals surface area contributed by atoms with Gasteiger partial charge < -0.3 is 15.0 Å². The monoisotopic (exact) mass is 485 g/mol. The van der Waals surface area contributed by atoms with Gasteiger partial charge in [-0.15, -0.1) is 0 Å². The van der Waals surface area contributed by atoms with E-state index in [0.717, 1.165) is 5.56 Å². The second-order valence-electron chi connectivity index (χ2n) is 9.00. The van der Waals surface area contributed by atoms with Crippen LogP contribution in [0, 0.1) is 6.92 Å². The van der Waals surface area contributed by atoms with E-state index in [1.807, 2.05) is 6.92 Å². The summed E-state index contributed by atoms with van der Waals surface area (Å²) in [5.41, 5.74) is 0.864. The van der Waals surface area contributed by atoms with Crippen LogP contribution < -0.4 is 10.9 Å². The Bertz CT molecular complexity index is 1340. The number of anilines is 1. The van der Waals surface area contributed by atoms with E-state index in [9.17, 15) is 18.4 Å². The second kappa shape index (κ2) is 9.33. The van der Waals surface area contributed by atoms with Gasteiger partial charge in [0.05, 0.1) is 23.5 Å². The van der Waals surface area contributed by atoms with Crippen molar-refractivity contribution >= 4 is 22.8 Å². The zero-order valence-electron chi connectivity index (χ0n) is 20.4. The molecule has 0 spiro atoms. The Kier molecular flexibility index (Phi) is 6.59. The maximum absolute atomic E-state index is 13.4. The molecule has 4 rings (SSSR count). The third-order valence-corrected chi connectivity index (χ3v) is 7.04. The number of carbonyl (C=O) groups is 1. The van der Waals surface area contributed by atoms with E-state index in [2.05, 4.69) is 15.3 Å². The van der Waals surface area contributed by atoms with E-state index in [0.29, 0.717) is 40.9 Å². The highest BCUT2D eigenvalue weighted by molar-refractivity contribution is 5.87. The summed E-state index contributed by atoms with van der Waals surface area (Å²) in [6.07, 6.45) is -0.723. The minimum Gasteiger partial charge on any atom is -0.371 e. The highest BCUT2D eigenvalue weighted by Crippen LogP contribution is 2.36. The van der Waals surface area contributed by atoms with Crippen molar-refractivity contribution in [3.63, 3.8) is 0 Å². The van der Waals surface area contributed by atoms with Crippen molar-refractivity contribution in [2.24, 2.45) is 7.05 Å². The van der Waals surface area contributed by atoms with Crippen LogP contribution in [0.5, 0.6) is 0 Å². The molecule has 2 atom stereocenters. The number of methoxy groups -OCH3 is 1. The Hall–Kier alpha value is -3.40. The lowest BCUT2D eigenvalue weighted by atomic mass is 9.92. The molecule has 1 fully saturated rings. The van der Waals surface area contributed by atoms with Crippen LogP contribution in [0.4, 0.5) is 14.6 Å². The molecule has 186 valence electrons. The molecule has 3 aromatic rings. The maximum atomic E-state index is 13.4. The molecule has 10 heteroatoms. The van der Waals surface area contributed by atoms with Crippen LogP contribution in [0.25, 0.3) is 11.0 Å². The van der Waals surface area contributed by atoms with Gasteiger partial charge in [-0.05, 0) is 31.0 Å². The van der Waals surface area contributed by atoms with E-state index in [1.54, 1.807) is 37.1 Å². The van der Waals surface area contributed by atoms with E-state index in [-0.39, 0.29) is 29.6 Å². The van der Waals surface area contributed by atoms with Gasteiger partial charge in [0.25, 0.3) is 12.0 Å². The van der Waals surface area contributed by atoms with Gasteiger partial charge in [-0.3, -0.25) is 14.2 Å². The molecule has 2 aromatic heterocycles. The lowest BCUT2D eigenvalue weighted by Crippen LogP contribution is -2.40. The lowest BCUT2D eigenvalue weighted by molar-refractivity contribution is -0.129. The number of hydrogen-bond acceptors (Lipinski definition) is 6. The van der Waals surface area contributed by atoms with Crippen molar-refractivity contribution in [2.75, 3.05) is 25.5 Å². The summed E-state index contributed by atoms with van der Waals surface area (Å²) in [4.78, 5) is 35.7. The summed E-state index contributed by atoms with van der Waals surface area (Å²) < 4.78 is 34.1. The number of alkyl halides is 2. The minimum absolute atomic E-state index is 0.00771. The van der Waals surface area contributed by atoms with Crippen molar-refractivity contribution in [1.82, 2.24) is 19.4 Å². The van der Waals surface area contributed by atoms with Gasteiger partial charge in [0, 0.05) is 39.6 Å². The molecule has 0 radical (unpaired) electrons. The van der Waals surface area contributed by atoms with Gasteiger partial charge in [-0.1, -0.05) is 18.2 Å². The molecule has 35 heavy (non-hydrogen) atoms. The van der Waals surface area contributed by atoms with Crippen LogP contribution in [-0.4, -0.2) is 45.5 Å². The number of nitrogens with one attached hydrogen (secondary N) is 1. The van der Waals surface area contributed by atoms with Gasteiger partial charge >= 0.3 is 0 Å². The fraction of sp³-hybridized carbons (Fsp3) is 0.440. The number of carbonyl (C=O) groups excluding carboxylic acids is 1. The van der Waals surface area contributed by atoms with Gasteiger partial charge in [0.1, 0.15) is 23.4 Å². The summed E-state index contributed by atoms with van der Waals surface area (Å²) in [5.74, 6) is 0.385. The summed E-state index contributed by atoms with van der Waals surface area (Å²) in [6, 6.07) is 6.23. The Balaban J connectivity index is 1.80. The first-order valence-corrected chi connectivity index (χ1v) is 11.4. The number of hydrogen-bond donors (Lipinski definition) is 1. The number of likely N-dealkylation sites (tertiary alicyclic amines) is 1. The summed E-state index contributed by atoms with van der Waals surface area (Å²) in [6.45, 7) is 5.79. The van der Waals surface area contributed by atoms with E-state index in [1.165, 1.54) is 31.0 Å². The first-order chi connectivity index (χ1) is 16.6. The number of pyridine rings is 1. The number of aryl methyl sites for hydroxylation is 1. The number of ether oxygens (including phenoxy) is 1. The van der Waals surface area contributed by atoms with E-state index in [4.69, 9.17) is 4.74 Å². The molecule has 3 heterocycles. The third kappa shape index (κ3) is 4.27. The number of aromatic nitrogens is 3. The highest BCUT2D eigenvalue weighted by atomic mass is 19.3. The largest absolute Gasteiger partial charge is 0.371 e. The van der Waals surface area contributed by atoms with Gasteiger partial charge in [0.2, 0.25) is 5.91 Å².